The fraction of sp³-hybridized carbons (Fsp3) is 0.375. The van der Waals surface area contributed by atoms with Crippen molar-refractivity contribution in [3.63, 3.8) is 0 Å². The number of hydrogen-bond donors (Lipinski definition) is 1. The molecule has 116 valence electrons. The van der Waals surface area contributed by atoms with E-state index in [4.69, 9.17) is 0 Å². The predicted octanol–water partition coefficient (Wildman–Crippen LogP) is 3.46. The molecule has 0 bridgehead atoms. The highest BCUT2D eigenvalue weighted by atomic mass is 79.9. The van der Waals surface area contributed by atoms with Crippen molar-refractivity contribution in [1.29, 1.82) is 0 Å². The first-order chi connectivity index (χ1) is 10.6. The Balaban J connectivity index is 1.57. The summed E-state index contributed by atoms with van der Waals surface area (Å²) < 4.78 is 1.05. The number of carbonyl (C=O) groups is 1. The highest BCUT2D eigenvalue weighted by molar-refractivity contribution is 9.10. The first-order valence-electron chi connectivity index (χ1n) is 7.32. The zero-order valence-electron chi connectivity index (χ0n) is 12.4. The van der Waals surface area contributed by atoms with E-state index in [9.17, 15) is 4.79 Å². The number of hydrogen-bond acceptors (Lipinski definition) is 4. The van der Waals surface area contributed by atoms with Gasteiger partial charge in [-0.25, -0.2) is 4.98 Å². The Morgan fingerprint density at radius 1 is 1.45 bits per heavy atom. The Kier molecular flexibility index (Phi) is 4.90. The minimum atomic E-state index is 0.0233. The van der Waals surface area contributed by atoms with Gasteiger partial charge in [0.05, 0.1) is 5.69 Å². The third kappa shape index (κ3) is 3.74. The van der Waals surface area contributed by atoms with Crippen LogP contribution in [0.2, 0.25) is 0 Å². The molecule has 1 aliphatic heterocycles. The summed E-state index contributed by atoms with van der Waals surface area (Å²) in [6, 6.07) is 8.00. The number of benzene rings is 1. The van der Waals surface area contributed by atoms with Crippen molar-refractivity contribution in [3.05, 3.63) is 44.9 Å². The largest absolute Gasteiger partial charge is 0.302 e. The number of aryl methyl sites for hydroxylation is 1. The number of aromatic nitrogens is 1. The minimum absolute atomic E-state index is 0.0233. The molecule has 1 aromatic carbocycles. The number of rotatable bonds is 4. The van der Waals surface area contributed by atoms with Gasteiger partial charge in [0.1, 0.15) is 0 Å². The normalized spacial score (nSPS) is 14.6. The summed E-state index contributed by atoms with van der Waals surface area (Å²) >= 11 is 5.11. The van der Waals surface area contributed by atoms with Crippen LogP contribution in [0.25, 0.3) is 0 Å². The Bertz CT molecular complexity index is 686. The Morgan fingerprint density at radius 3 is 3.09 bits per heavy atom. The molecule has 1 aliphatic rings. The zero-order chi connectivity index (χ0) is 15.5. The molecule has 0 fully saturated rings. The maximum atomic E-state index is 12.1. The minimum Gasteiger partial charge on any atom is -0.302 e. The first-order valence-corrected chi connectivity index (χ1v) is 8.93. The van der Waals surface area contributed by atoms with Gasteiger partial charge < -0.3 is 10.2 Å². The van der Waals surface area contributed by atoms with Crippen molar-refractivity contribution in [1.82, 2.24) is 9.88 Å². The molecule has 0 unspecified atom stereocenters. The number of nitrogens with zero attached hydrogens (tertiary/aromatic N) is 2. The molecule has 2 heterocycles. The molecular formula is C16H18BrN3OS. The van der Waals surface area contributed by atoms with Crippen LogP contribution in [0.3, 0.4) is 0 Å². The number of likely N-dealkylation sites (N-methyl/N-ethyl adjacent to an activating group) is 1. The van der Waals surface area contributed by atoms with Gasteiger partial charge >= 0.3 is 0 Å². The summed E-state index contributed by atoms with van der Waals surface area (Å²) in [6.45, 7) is 1.96. The van der Waals surface area contributed by atoms with Crippen molar-refractivity contribution in [2.24, 2.45) is 0 Å². The molecule has 0 aliphatic carbocycles. The molecule has 2 aromatic rings. The van der Waals surface area contributed by atoms with E-state index in [1.54, 1.807) is 11.3 Å². The number of carbonyl (C=O) groups excluding carboxylic acids is 1. The average Bonchev–Trinajstić information content (AvgIpc) is 2.87. The van der Waals surface area contributed by atoms with E-state index >= 15 is 0 Å². The molecule has 0 atom stereocenters. The van der Waals surface area contributed by atoms with E-state index in [-0.39, 0.29) is 5.91 Å². The Morgan fingerprint density at radius 2 is 2.27 bits per heavy atom. The van der Waals surface area contributed by atoms with Crippen LogP contribution < -0.4 is 5.32 Å². The lowest BCUT2D eigenvalue weighted by Crippen LogP contribution is -2.25. The highest BCUT2D eigenvalue weighted by Crippen LogP contribution is 2.27. The average molecular weight is 380 g/mol. The van der Waals surface area contributed by atoms with Crippen molar-refractivity contribution in [2.45, 2.75) is 25.8 Å². The number of fused-ring (bicyclic) bond motifs is 1. The summed E-state index contributed by atoms with van der Waals surface area (Å²) in [5, 5.41) is 3.67. The fourth-order valence-corrected chi connectivity index (χ4v) is 4.10. The van der Waals surface area contributed by atoms with Gasteiger partial charge in [-0.05, 0) is 25.1 Å². The quantitative estimate of drug-likeness (QED) is 0.884. The van der Waals surface area contributed by atoms with E-state index in [0.717, 1.165) is 46.8 Å². The number of amides is 1. The molecule has 1 aromatic heterocycles. The van der Waals surface area contributed by atoms with Crippen LogP contribution >= 0.6 is 27.3 Å². The Hall–Kier alpha value is -1.24. The van der Waals surface area contributed by atoms with Crippen molar-refractivity contribution in [3.8, 4) is 0 Å². The third-order valence-corrected chi connectivity index (χ3v) is 5.52. The summed E-state index contributed by atoms with van der Waals surface area (Å²) in [5.74, 6) is 0.0233. The number of thiazole rings is 1. The first kappa shape index (κ1) is 15.6. The van der Waals surface area contributed by atoms with Gasteiger partial charge in [-0.3, -0.25) is 4.79 Å². The molecule has 0 saturated carbocycles. The van der Waals surface area contributed by atoms with Gasteiger partial charge in [0.2, 0.25) is 5.91 Å². The van der Waals surface area contributed by atoms with Gasteiger partial charge in [0, 0.05) is 35.3 Å². The van der Waals surface area contributed by atoms with Crippen molar-refractivity contribution < 1.29 is 4.79 Å². The number of halogens is 1. The summed E-state index contributed by atoms with van der Waals surface area (Å²) in [6.07, 6.45) is 2.16. The second-order valence-electron chi connectivity index (χ2n) is 5.52. The van der Waals surface area contributed by atoms with E-state index in [1.807, 2.05) is 24.3 Å². The molecule has 0 spiro atoms. The maximum Gasteiger partial charge on any atom is 0.226 e. The third-order valence-electron chi connectivity index (χ3n) is 3.75. The van der Waals surface area contributed by atoms with Crippen LogP contribution in [-0.4, -0.2) is 29.4 Å². The summed E-state index contributed by atoms with van der Waals surface area (Å²) in [4.78, 5) is 20.2. The van der Waals surface area contributed by atoms with E-state index < -0.39 is 0 Å². The van der Waals surface area contributed by atoms with E-state index in [1.165, 1.54) is 4.88 Å². The maximum absolute atomic E-state index is 12.1. The van der Waals surface area contributed by atoms with Crippen molar-refractivity contribution >= 4 is 38.3 Å². The van der Waals surface area contributed by atoms with Crippen LogP contribution in [0.15, 0.2) is 28.7 Å². The molecule has 6 heteroatoms. The monoisotopic (exact) mass is 379 g/mol. The lowest BCUT2D eigenvalue weighted by Gasteiger charge is -2.20. The second kappa shape index (κ2) is 6.89. The van der Waals surface area contributed by atoms with E-state index in [0.29, 0.717) is 6.42 Å². The predicted molar refractivity (Wildman–Crippen MR) is 93.2 cm³/mol. The highest BCUT2D eigenvalue weighted by Gasteiger charge is 2.19. The lowest BCUT2D eigenvalue weighted by atomic mass is 10.1. The van der Waals surface area contributed by atoms with Gasteiger partial charge in [0.25, 0.3) is 0 Å². The molecule has 1 amide bonds. The number of nitrogens with one attached hydrogen (secondary N) is 1. The van der Waals surface area contributed by atoms with E-state index in [2.05, 4.69) is 38.2 Å². The lowest BCUT2D eigenvalue weighted by molar-refractivity contribution is -0.116. The van der Waals surface area contributed by atoms with Crippen molar-refractivity contribution in [2.75, 3.05) is 18.9 Å². The van der Waals surface area contributed by atoms with Gasteiger partial charge in [0.15, 0.2) is 5.13 Å². The van der Waals surface area contributed by atoms with Crippen LogP contribution in [0.5, 0.6) is 0 Å². The SMILES string of the molecule is CN1CCc2nc(NC(=O)CCc3ccccc3Br)sc2C1. The molecule has 1 N–H and O–H groups in total. The number of anilines is 1. The van der Waals surface area contributed by atoms with Crippen LogP contribution in [0, 0.1) is 0 Å². The molecular weight excluding hydrogens is 362 g/mol. The second-order valence-corrected chi connectivity index (χ2v) is 7.45. The molecule has 0 radical (unpaired) electrons. The summed E-state index contributed by atoms with van der Waals surface area (Å²) in [5.41, 5.74) is 2.29. The molecule has 22 heavy (non-hydrogen) atoms. The van der Waals surface area contributed by atoms with Gasteiger partial charge in [-0.15, -0.1) is 11.3 Å². The van der Waals surface area contributed by atoms with Gasteiger partial charge in [-0.2, -0.15) is 0 Å². The smallest absolute Gasteiger partial charge is 0.226 e. The summed E-state index contributed by atoms with van der Waals surface area (Å²) in [7, 11) is 2.11. The molecule has 0 saturated heterocycles. The van der Waals surface area contributed by atoms with Crippen LogP contribution in [0.4, 0.5) is 5.13 Å². The molecule has 3 rings (SSSR count). The van der Waals surface area contributed by atoms with Gasteiger partial charge in [-0.1, -0.05) is 34.1 Å². The Labute approximate surface area is 142 Å². The van der Waals surface area contributed by atoms with Crippen LogP contribution in [-0.2, 0) is 24.2 Å². The standard InChI is InChI=1S/C16H18BrN3OS/c1-20-9-8-13-14(10-20)22-16(18-13)19-15(21)7-6-11-4-2-3-5-12(11)17/h2-5H,6-10H2,1H3,(H,18,19,21). The topological polar surface area (TPSA) is 45.2 Å². The zero-order valence-corrected chi connectivity index (χ0v) is 14.8. The fourth-order valence-electron chi connectivity index (χ4n) is 2.51. The molecule has 4 nitrogen and oxygen atoms in total. The van der Waals surface area contributed by atoms with Crippen LogP contribution in [0.1, 0.15) is 22.6 Å².